The second kappa shape index (κ2) is 6.22. The van der Waals surface area contributed by atoms with Crippen LogP contribution in [0.1, 0.15) is 42.6 Å². The van der Waals surface area contributed by atoms with Crippen molar-refractivity contribution in [2.45, 2.75) is 38.5 Å². The highest BCUT2D eigenvalue weighted by Crippen LogP contribution is 2.24. The zero-order valence-corrected chi connectivity index (χ0v) is 12.0. The summed E-state index contributed by atoms with van der Waals surface area (Å²) < 4.78 is 5.37. The van der Waals surface area contributed by atoms with E-state index >= 15 is 0 Å². The Bertz CT molecular complexity index is 520. The van der Waals surface area contributed by atoms with Crippen LogP contribution in [0.15, 0.2) is 22.8 Å². The molecule has 108 valence electrons. The van der Waals surface area contributed by atoms with Crippen molar-refractivity contribution in [2.24, 2.45) is 0 Å². The number of piperidine rings is 1. The first-order chi connectivity index (χ1) is 9.81. The standard InChI is InChI=1S/C15H22N4O/c1-12-16-15(18-17-12)13-5-2-8-19(11-13)9-3-6-14-7-4-10-20-14/h4,7,10,13H,2-3,5-6,8-9,11H2,1H3,(H,16,17,18)/t13-/m0/s1. The maximum Gasteiger partial charge on any atom is 0.155 e. The lowest BCUT2D eigenvalue weighted by Crippen LogP contribution is -2.35. The Labute approximate surface area is 119 Å². The third-order valence-corrected chi connectivity index (χ3v) is 3.96. The van der Waals surface area contributed by atoms with Gasteiger partial charge in [-0.15, -0.1) is 0 Å². The molecule has 0 saturated carbocycles. The molecule has 5 nitrogen and oxygen atoms in total. The highest BCUT2D eigenvalue weighted by atomic mass is 16.3. The summed E-state index contributed by atoms with van der Waals surface area (Å²) in [6.07, 6.45) is 6.35. The first-order valence-corrected chi connectivity index (χ1v) is 7.45. The number of aryl methyl sites for hydroxylation is 2. The van der Waals surface area contributed by atoms with Crippen molar-refractivity contribution in [1.29, 1.82) is 0 Å². The minimum absolute atomic E-state index is 0.484. The predicted octanol–water partition coefficient (Wildman–Crippen LogP) is 2.52. The van der Waals surface area contributed by atoms with E-state index in [-0.39, 0.29) is 0 Å². The van der Waals surface area contributed by atoms with Gasteiger partial charge < -0.3 is 9.32 Å². The predicted molar refractivity (Wildman–Crippen MR) is 76.6 cm³/mol. The minimum Gasteiger partial charge on any atom is -0.469 e. The minimum atomic E-state index is 0.484. The summed E-state index contributed by atoms with van der Waals surface area (Å²) >= 11 is 0. The second-order valence-electron chi connectivity index (χ2n) is 5.60. The quantitative estimate of drug-likeness (QED) is 0.910. The Balaban J connectivity index is 1.48. The Morgan fingerprint density at radius 3 is 3.20 bits per heavy atom. The van der Waals surface area contributed by atoms with Gasteiger partial charge in [-0.1, -0.05) is 0 Å². The molecule has 0 spiro atoms. The first-order valence-electron chi connectivity index (χ1n) is 7.45. The molecule has 20 heavy (non-hydrogen) atoms. The molecule has 1 saturated heterocycles. The van der Waals surface area contributed by atoms with Gasteiger partial charge in [0.15, 0.2) is 5.82 Å². The second-order valence-corrected chi connectivity index (χ2v) is 5.60. The molecule has 1 aliphatic heterocycles. The summed E-state index contributed by atoms with van der Waals surface area (Å²) in [4.78, 5) is 7.01. The van der Waals surface area contributed by atoms with Gasteiger partial charge in [0.05, 0.1) is 6.26 Å². The fourth-order valence-electron chi connectivity index (χ4n) is 2.94. The zero-order valence-electron chi connectivity index (χ0n) is 12.0. The van der Waals surface area contributed by atoms with E-state index in [0.717, 1.165) is 43.3 Å². The highest BCUT2D eigenvalue weighted by molar-refractivity contribution is 5.00. The van der Waals surface area contributed by atoms with Crippen molar-refractivity contribution < 1.29 is 4.42 Å². The Kier molecular flexibility index (Phi) is 4.16. The van der Waals surface area contributed by atoms with Gasteiger partial charge in [0, 0.05) is 18.9 Å². The van der Waals surface area contributed by atoms with Crippen LogP contribution in [-0.2, 0) is 6.42 Å². The molecule has 2 aromatic rings. The van der Waals surface area contributed by atoms with E-state index < -0.39 is 0 Å². The molecular weight excluding hydrogens is 252 g/mol. The normalized spacial score (nSPS) is 20.4. The topological polar surface area (TPSA) is 58.0 Å². The van der Waals surface area contributed by atoms with Crippen molar-refractivity contribution >= 4 is 0 Å². The van der Waals surface area contributed by atoms with Gasteiger partial charge in [0.1, 0.15) is 11.6 Å². The van der Waals surface area contributed by atoms with E-state index in [1.54, 1.807) is 6.26 Å². The molecule has 0 unspecified atom stereocenters. The Hall–Kier alpha value is -1.62. The highest BCUT2D eigenvalue weighted by Gasteiger charge is 2.23. The number of rotatable bonds is 5. The molecule has 0 bridgehead atoms. The number of aromatic amines is 1. The molecule has 1 N–H and O–H groups in total. The lowest BCUT2D eigenvalue weighted by Gasteiger charge is -2.31. The molecule has 2 aromatic heterocycles. The van der Waals surface area contributed by atoms with Crippen molar-refractivity contribution in [3.8, 4) is 0 Å². The molecule has 1 aliphatic rings. The van der Waals surface area contributed by atoms with Gasteiger partial charge in [-0.05, 0) is 51.4 Å². The lowest BCUT2D eigenvalue weighted by molar-refractivity contribution is 0.201. The number of nitrogens with one attached hydrogen (secondary N) is 1. The third kappa shape index (κ3) is 3.28. The van der Waals surface area contributed by atoms with Crippen molar-refractivity contribution in [3.05, 3.63) is 35.8 Å². The number of likely N-dealkylation sites (tertiary alicyclic amines) is 1. The smallest absolute Gasteiger partial charge is 0.155 e. The number of hydrogen-bond acceptors (Lipinski definition) is 4. The van der Waals surface area contributed by atoms with Crippen molar-refractivity contribution in [2.75, 3.05) is 19.6 Å². The maximum atomic E-state index is 5.37. The van der Waals surface area contributed by atoms with Crippen LogP contribution < -0.4 is 0 Å². The molecular formula is C15H22N4O. The van der Waals surface area contributed by atoms with Gasteiger partial charge in [-0.3, -0.25) is 5.10 Å². The summed E-state index contributed by atoms with van der Waals surface area (Å²) in [6, 6.07) is 4.01. The van der Waals surface area contributed by atoms with Crippen LogP contribution in [0.3, 0.4) is 0 Å². The summed E-state index contributed by atoms with van der Waals surface area (Å²) in [7, 11) is 0. The SMILES string of the molecule is Cc1nc([C@H]2CCCN(CCCc3ccco3)C2)n[nH]1. The lowest BCUT2D eigenvalue weighted by atomic mass is 9.97. The van der Waals surface area contributed by atoms with Crippen LogP contribution in [0.4, 0.5) is 0 Å². The molecule has 3 rings (SSSR count). The van der Waals surface area contributed by atoms with Gasteiger partial charge >= 0.3 is 0 Å². The summed E-state index contributed by atoms with van der Waals surface area (Å²) in [5.41, 5.74) is 0. The molecule has 5 heteroatoms. The van der Waals surface area contributed by atoms with Crippen LogP contribution in [0.5, 0.6) is 0 Å². The van der Waals surface area contributed by atoms with E-state index in [0.29, 0.717) is 5.92 Å². The fraction of sp³-hybridized carbons (Fsp3) is 0.600. The van der Waals surface area contributed by atoms with Gasteiger partial charge in [-0.2, -0.15) is 5.10 Å². The average Bonchev–Trinajstić information content (AvgIpc) is 3.11. The van der Waals surface area contributed by atoms with Crippen LogP contribution in [-0.4, -0.2) is 39.7 Å². The van der Waals surface area contributed by atoms with E-state index in [9.17, 15) is 0 Å². The Morgan fingerprint density at radius 2 is 2.45 bits per heavy atom. The maximum absolute atomic E-state index is 5.37. The van der Waals surface area contributed by atoms with E-state index in [4.69, 9.17) is 4.42 Å². The van der Waals surface area contributed by atoms with Crippen molar-refractivity contribution in [1.82, 2.24) is 20.1 Å². The number of nitrogens with zero attached hydrogens (tertiary/aromatic N) is 3. The van der Waals surface area contributed by atoms with Crippen LogP contribution in [0.25, 0.3) is 0 Å². The first kappa shape index (κ1) is 13.4. The largest absolute Gasteiger partial charge is 0.469 e. The van der Waals surface area contributed by atoms with Gasteiger partial charge in [0.25, 0.3) is 0 Å². The van der Waals surface area contributed by atoms with Gasteiger partial charge in [-0.25, -0.2) is 4.98 Å². The molecule has 1 fully saturated rings. The van der Waals surface area contributed by atoms with Crippen LogP contribution in [0.2, 0.25) is 0 Å². The third-order valence-electron chi connectivity index (χ3n) is 3.96. The molecule has 0 aromatic carbocycles. The molecule has 0 aliphatic carbocycles. The van der Waals surface area contributed by atoms with Crippen LogP contribution in [0, 0.1) is 6.92 Å². The summed E-state index contributed by atoms with van der Waals surface area (Å²) in [5.74, 6) is 3.47. The number of H-pyrrole nitrogens is 1. The molecule has 3 heterocycles. The molecule has 1 atom stereocenters. The summed E-state index contributed by atoms with van der Waals surface area (Å²) in [6.45, 7) is 5.36. The van der Waals surface area contributed by atoms with Crippen LogP contribution >= 0.6 is 0 Å². The molecule has 0 amide bonds. The van der Waals surface area contributed by atoms with E-state index in [1.165, 1.54) is 19.4 Å². The zero-order chi connectivity index (χ0) is 13.8. The van der Waals surface area contributed by atoms with E-state index in [2.05, 4.69) is 26.1 Å². The average molecular weight is 274 g/mol. The van der Waals surface area contributed by atoms with Crippen molar-refractivity contribution in [3.63, 3.8) is 0 Å². The number of furan rings is 1. The van der Waals surface area contributed by atoms with E-state index in [1.807, 2.05) is 13.0 Å². The Morgan fingerprint density at radius 1 is 1.50 bits per heavy atom. The number of aromatic nitrogens is 3. The summed E-state index contributed by atoms with van der Waals surface area (Å²) in [5, 5.41) is 7.27. The number of hydrogen-bond donors (Lipinski definition) is 1. The molecule has 0 radical (unpaired) electrons. The van der Waals surface area contributed by atoms with Gasteiger partial charge in [0.2, 0.25) is 0 Å². The monoisotopic (exact) mass is 274 g/mol. The fourth-order valence-corrected chi connectivity index (χ4v) is 2.94.